The van der Waals surface area contributed by atoms with Crippen LogP contribution in [0.4, 0.5) is 5.00 Å². The summed E-state index contributed by atoms with van der Waals surface area (Å²) in [6.07, 6.45) is 0.184. The Morgan fingerprint density at radius 2 is 2.00 bits per heavy atom. The lowest BCUT2D eigenvalue weighted by Crippen LogP contribution is -2.15. The van der Waals surface area contributed by atoms with Crippen LogP contribution in [0.25, 0.3) is 0 Å². The maximum absolute atomic E-state index is 11.9. The van der Waals surface area contributed by atoms with E-state index in [-0.39, 0.29) is 22.9 Å². The lowest BCUT2D eigenvalue weighted by molar-refractivity contribution is -0.115. The van der Waals surface area contributed by atoms with Crippen molar-refractivity contribution in [2.45, 2.75) is 13.3 Å². The van der Waals surface area contributed by atoms with Gasteiger partial charge in [-0.3, -0.25) is 4.79 Å². The molecule has 0 aliphatic carbocycles. The molecule has 0 aliphatic rings. The molecule has 1 aromatic carbocycles. The van der Waals surface area contributed by atoms with Gasteiger partial charge >= 0.3 is 5.97 Å². The summed E-state index contributed by atoms with van der Waals surface area (Å²) in [6, 6.07) is 7.36. The van der Waals surface area contributed by atoms with E-state index in [1.807, 2.05) is 24.3 Å². The zero-order valence-electron chi connectivity index (χ0n) is 10.5. The minimum Gasteiger partial charge on any atom is -0.478 e. The van der Waals surface area contributed by atoms with Crippen LogP contribution in [-0.4, -0.2) is 21.4 Å². The van der Waals surface area contributed by atoms with E-state index in [0.717, 1.165) is 21.6 Å². The Balaban J connectivity index is 2.09. The second kappa shape index (κ2) is 6.15. The Bertz CT molecular complexity index is 652. The van der Waals surface area contributed by atoms with Gasteiger partial charge in [-0.1, -0.05) is 28.1 Å². The molecule has 0 unspecified atom stereocenters. The molecule has 0 atom stereocenters. The Kier molecular flexibility index (Phi) is 4.51. The third kappa shape index (κ3) is 3.43. The number of nitrogens with one attached hydrogen (secondary N) is 1. The summed E-state index contributed by atoms with van der Waals surface area (Å²) >= 11 is 4.30. The second-order valence-corrected chi connectivity index (χ2v) is 5.82. The number of carbonyl (C=O) groups excluding carboxylic acids is 1. The van der Waals surface area contributed by atoms with Crippen LogP contribution in [-0.2, 0) is 11.2 Å². The molecule has 7 heteroatoms. The van der Waals surface area contributed by atoms with E-state index in [1.54, 1.807) is 6.92 Å². The first-order valence-corrected chi connectivity index (χ1v) is 7.28. The molecular formula is C13H11BrN2O3S. The number of aromatic nitrogens is 1. The van der Waals surface area contributed by atoms with Crippen molar-refractivity contribution in [3.63, 3.8) is 0 Å². The number of hydrogen-bond donors (Lipinski definition) is 2. The predicted octanol–water partition coefficient (Wildman–Crippen LogP) is 3.09. The van der Waals surface area contributed by atoms with Crippen LogP contribution in [0, 0.1) is 6.92 Å². The number of rotatable bonds is 4. The Hall–Kier alpha value is -1.73. The molecule has 104 valence electrons. The molecule has 2 N–H and O–H groups in total. The number of carbonyl (C=O) groups is 2. The number of benzene rings is 1. The van der Waals surface area contributed by atoms with Crippen LogP contribution >= 0.6 is 27.5 Å². The van der Waals surface area contributed by atoms with Gasteiger partial charge in [-0.15, -0.1) is 0 Å². The van der Waals surface area contributed by atoms with Gasteiger partial charge < -0.3 is 10.4 Å². The standard InChI is InChI=1S/C13H11BrN2O3S/c1-7-11(13(18)19)12(20-16-7)15-10(17)6-8-2-4-9(14)5-3-8/h2-5H,6H2,1H3,(H,15,17)(H,18,19). The molecule has 1 amide bonds. The van der Waals surface area contributed by atoms with Crippen molar-refractivity contribution >= 4 is 44.3 Å². The number of halogens is 1. The monoisotopic (exact) mass is 354 g/mol. The number of carboxylic acid groups (broad SMARTS) is 1. The zero-order valence-corrected chi connectivity index (χ0v) is 12.9. The highest BCUT2D eigenvalue weighted by molar-refractivity contribution is 9.10. The van der Waals surface area contributed by atoms with E-state index in [9.17, 15) is 9.59 Å². The molecule has 5 nitrogen and oxygen atoms in total. The zero-order chi connectivity index (χ0) is 14.7. The number of hydrogen-bond acceptors (Lipinski definition) is 4. The first kappa shape index (κ1) is 14.7. The average molecular weight is 355 g/mol. The highest BCUT2D eigenvalue weighted by atomic mass is 79.9. The lowest BCUT2D eigenvalue weighted by Gasteiger charge is -2.04. The predicted molar refractivity (Wildman–Crippen MR) is 80.3 cm³/mol. The van der Waals surface area contributed by atoms with E-state index in [0.29, 0.717) is 5.69 Å². The van der Waals surface area contributed by atoms with Gasteiger partial charge in [-0.05, 0) is 36.2 Å². The molecule has 0 fully saturated rings. The van der Waals surface area contributed by atoms with Crippen molar-refractivity contribution in [2.24, 2.45) is 0 Å². The molecule has 2 aromatic rings. The molecule has 0 radical (unpaired) electrons. The third-order valence-corrected chi connectivity index (χ3v) is 3.99. The largest absolute Gasteiger partial charge is 0.478 e. The van der Waals surface area contributed by atoms with Gasteiger partial charge in [0.15, 0.2) is 0 Å². The summed E-state index contributed by atoms with van der Waals surface area (Å²) in [6.45, 7) is 1.60. The van der Waals surface area contributed by atoms with Crippen LogP contribution in [0.2, 0.25) is 0 Å². The van der Waals surface area contributed by atoms with Crippen molar-refractivity contribution in [2.75, 3.05) is 5.32 Å². The van der Waals surface area contributed by atoms with Gasteiger partial charge in [-0.25, -0.2) is 4.79 Å². The molecule has 0 aliphatic heterocycles. The minimum absolute atomic E-state index is 0.0548. The fraction of sp³-hybridized carbons (Fsp3) is 0.154. The fourth-order valence-electron chi connectivity index (χ4n) is 1.67. The molecule has 0 saturated heterocycles. The smallest absolute Gasteiger partial charge is 0.340 e. The first-order chi connectivity index (χ1) is 9.47. The van der Waals surface area contributed by atoms with E-state index < -0.39 is 5.97 Å². The van der Waals surface area contributed by atoms with Crippen LogP contribution in [0.3, 0.4) is 0 Å². The molecular weight excluding hydrogens is 344 g/mol. The summed E-state index contributed by atoms with van der Waals surface area (Å²) in [5, 5.41) is 12.0. The number of aromatic carboxylic acids is 1. The molecule has 20 heavy (non-hydrogen) atoms. The molecule has 1 heterocycles. The van der Waals surface area contributed by atoms with Gasteiger partial charge in [-0.2, -0.15) is 4.37 Å². The summed E-state index contributed by atoms with van der Waals surface area (Å²) in [7, 11) is 0. The van der Waals surface area contributed by atoms with Crippen LogP contribution < -0.4 is 5.32 Å². The topological polar surface area (TPSA) is 79.3 Å². The van der Waals surface area contributed by atoms with Gasteiger partial charge in [0.1, 0.15) is 10.6 Å². The van der Waals surface area contributed by atoms with Crippen molar-refractivity contribution in [3.05, 3.63) is 45.6 Å². The van der Waals surface area contributed by atoms with Crippen molar-refractivity contribution < 1.29 is 14.7 Å². The number of amides is 1. The van der Waals surface area contributed by atoms with E-state index in [4.69, 9.17) is 5.11 Å². The van der Waals surface area contributed by atoms with E-state index in [1.165, 1.54) is 0 Å². The maximum Gasteiger partial charge on any atom is 0.340 e. The van der Waals surface area contributed by atoms with Crippen LogP contribution in [0.15, 0.2) is 28.7 Å². The number of aryl methyl sites for hydroxylation is 1. The average Bonchev–Trinajstić information content (AvgIpc) is 2.73. The summed E-state index contributed by atoms with van der Waals surface area (Å²) in [5.41, 5.74) is 1.31. The van der Waals surface area contributed by atoms with Gasteiger partial charge in [0.2, 0.25) is 5.91 Å². The van der Waals surface area contributed by atoms with Crippen molar-refractivity contribution in [1.82, 2.24) is 4.37 Å². The highest BCUT2D eigenvalue weighted by Gasteiger charge is 2.19. The molecule has 1 aromatic heterocycles. The molecule has 0 saturated carbocycles. The second-order valence-electron chi connectivity index (χ2n) is 4.13. The van der Waals surface area contributed by atoms with Gasteiger partial charge in [0, 0.05) is 4.47 Å². The fourth-order valence-corrected chi connectivity index (χ4v) is 2.73. The molecule has 0 spiro atoms. The molecule has 2 rings (SSSR count). The van der Waals surface area contributed by atoms with Crippen molar-refractivity contribution in [1.29, 1.82) is 0 Å². The number of anilines is 1. The van der Waals surface area contributed by atoms with Crippen LogP contribution in [0.5, 0.6) is 0 Å². The minimum atomic E-state index is -1.09. The first-order valence-electron chi connectivity index (χ1n) is 5.71. The highest BCUT2D eigenvalue weighted by Crippen LogP contribution is 2.24. The lowest BCUT2D eigenvalue weighted by atomic mass is 10.1. The Labute approximate surface area is 127 Å². The maximum atomic E-state index is 11.9. The van der Waals surface area contributed by atoms with E-state index >= 15 is 0 Å². The number of nitrogens with zero attached hydrogens (tertiary/aromatic N) is 1. The van der Waals surface area contributed by atoms with E-state index in [2.05, 4.69) is 25.6 Å². The summed E-state index contributed by atoms with van der Waals surface area (Å²) < 4.78 is 4.89. The van der Waals surface area contributed by atoms with Crippen LogP contribution in [0.1, 0.15) is 21.6 Å². The summed E-state index contributed by atoms with van der Waals surface area (Å²) in [4.78, 5) is 23.0. The third-order valence-electron chi connectivity index (χ3n) is 2.61. The number of carboxylic acids is 1. The van der Waals surface area contributed by atoms with Crippen molar-refractivity contribution in [3.8, 4) is 0 Å². The SMILES string of the molecule is Cc1nsc(NC(=O)Cc2ccc(Br)cc2)c1C(=O)O. The van der Waals surface area contributed by atoms with Gasteiger partial charge in [0.05, 0.1) is 12.1 Å². The summed E-state index contributed by atoms with van der Waals surface area (Å²) in [5.74, 6) is -1.35. The quantitative estimate of drug-likeness (QED) is 0.883. The molecule has 0 bridgehead atoms. The Morgan fingerprint density at radius 1 is 1.35 bits per heavy atom. The Morgan fingerprint density at radius 3 is 2.60 bits per heavy atom. The van der Waals surface area contributed by atoms with Gasteiger partial charge in [0.25, 0.3) is 0 Å². The normalized spacial score (nSPS) is 10.3.